The Kier molecular flexibility index (Phi) is 21.7. The SMILES string of the molecule is COCO[C@@H]1[C@H](C)C(=O)N[C@@H](CC(C)C)C(=O)N2CCC[C@H]2C(=O)N(C)[C@@H](Cc2ccc(OC)cc2)C(=O)O[C@H](C)[C@H](NC(=O)OC(C)(C)C)C(=O)N[C@H]2CCC[C@H](C(=O)O[C@H]1C(C)C)[C@@H]2OCc1ccccc1. The van der Waals surface area contributed by atoms with Gasteiger partial charge >= 0.3 is 18.0 Å². The number of benzene rings is 2. The van der Waals surface area contributed by atoms with Gasteiger partial charge in [0.2, 0.25) is 23.6 Å². The van der Waals surface area contributed by atoms with Crippen LogP contribution in [0.5, 0.6) is 5.75 Å². The van der Waals surface area contributed by atoms with Crippen molar-refractivity contribution >= 4 is 41.7 Å². The standard InChI is InChI=1S/C55H81N5O14/c1-32(2)28-41-50(63)60-27-17-22-42(60)51(64)59(10)43(29-36-23-25-38(69-12)26-24-36)53(66)72-35(6)44(58-54(67)74-55(7,8)9)49(62)56-40-21-16-20-39(47(40)70-30-37-18-14-13-15-19-37)52(65)73-45(33(3)4)46(71-31-68-11)34(5)48(61)57-41/h13-15,18-19,23-26,32-35,39-47H,16-17,20-22,27-31H2,1-12H3,(H,56,62)(H,57,61)(H,58,67)/t34-,35+,39-,40-,41-,42-,43-,44-,45-,46+,47-/m0/s1. The van der Waals surface area contributed by atoms with Gasteiger partial charge in [-0.15, -0.1) is 0 Å². The molecule has 5 rings (SSSR count). The first-order valence-corrected chi connectivity index (χ1v) is 26.0. The number of fused-ring (bicyclic) bond motifs is 3. The highest BCUT2D eigenvalue weighted by Crippen LogP contribution is 2.33. The normalized spacial score (nSPS) is 28.2. The number of methoxy groups -OCH3 is 2. The van der Waals surface area contributed by atoms with Crippen molar-refractivity contribution in [3.63, 3.8) is 0 Å². The number of ether oxygens (including phenoxy) is 7. The van der Waals surface area contributed by atoms with Gasteiger partial charge in [0, 0.05) is 27.1 Å². The van der Waals surface area contributed by atoms with Gasteiger partial charge in [-0.2, -0.15) is 0 Å². The smallest absolute Gasteiger partial charge is 0.408 e. The quantitative estimate of drug-likeness (QED) is 0.128. The summed E-state index contributed by atoms with van der Waals surface area (Å²) >= 11 is 0. The summed E-state index contributed by atoms with van der Waals surface area (Å²) in [5.41, 5.74) is 0.475. The van der Waals surface area contributed by atoms with Crippen molar-refractivity contribution in [2.24, 2.45) is 23.7 Å². The molecule has 2 heterocycles. The van der Waals surface area contributed by atoms with Gasteiger partial charge in [-0.25, -0.2) is 9.59 Å². The molecule has 0 aromatic heterocycles. The fourth-order valence-electron chi connectivity index (χ4n) is 9.86. The third-order valence-corrected chi connectivity index (χ3v) is 13.8. The number of hydrogen-bond donors (Lipinski definition) is 3. The van der Waals surface area contributed by atoms with Crippen molar-refractivity contribution in [1.82, 2.24) is 25.8 Å². The second-order valence-corrected chi connectivity index (χ2v) is 21.5. The van der Waals surface area contributed by atoms with E-state index in [1.807, 2.05) is 58.0 Å². The molecule has 1 saturated carbocycles. The fraction of sp³-hybridized carbons (Fsp3) is 0.655. The highest BCUT2D eigenvalue weighted by atomic mass is 16.7. The number of cyclic esters (lactones) is 2. The Morgan fingerprint density at radius 3 is 2.11 bits per heavy atom. The molecule has 2 bridgehead atoms. The fourth-order valence-corrected chi connectivity index (χ4v) is 9.86. The van der Waals surface area contributed by atoms with E-state index in [0.717, 1.165) is 5.56 Å². The maximum absolute atomic E-state index is 14.9. The monoisotopic (exact) mass is 1040 g/mol. The summed E-state index contributed by atoms with van der Waals surface area (Å²) in [5, 5.41) is 8.63. The van der Waals surface area contributed by atoms with E-state index in [9.17, 15) is 33.6 Å². The van der Waals surface area contributed by atoms with Crippen LogP contribution in [0.25, 0.3) is 0 Å². The zero-order valence-electron chi connectivity index (χ0n) is 45.4. The molecular weight excluding hydrogens is 955 g/mol. The minimum absolute atomic E-state index is 0.0393. The molecule has 2 aliphatic heterocycles. The molecule has 19 heteroatoms. The van der Waals surface area contributed by atoms with Crippen LogP contribution in [0.15, 0.2) is 54.6 Å². The van der Waals surface area contributed by atoms with Gasteiger partial charge in [-0.3, -0.25) is 24.0 Å². The summed E-state index contributed by atoms with van der Waals surface area (Å²) in [4.78, 5) is 105. The molecule has 2 aromatic rings. The van der Waals surface area contributed by atoms with E-state index >= 15 is 0 Å². The Hall–Kier alpha value is -5.79. The Labute approximate surface area is 436 Å². The van der Waals surface area contributed by atoms with Gasteiger partial charge < -0.3 is 58.9 Å². The second-order valence-electron chi connectivity index (χ2n) is 21.5. The van der Waals surface area contributed by atoms with E-state index in [0.29, 0.717) is 37.0 Å². The molecule has 3 N–H and O–H groups in total. The molecule has 2 saturated heterocycles. The Bertz CT molecular complexity index is 2200. The van der Waals surface area contributed by atoms with Crippen LogP contribution in [0, 0.1) is 23.7 Å². The van der Waals surface area contributed by atoms with E-state index < -0.39 is 120 Å². The topological polar surface area (TPSA) is 227 Å². The predicted octanol–water partition coefficient (Wildman–Crippen LogP) is 5.49. The number of nitrogens with one attached hydrogen (secondary N) is 3. The van der Waals surface area contributed by atoms with Crippen LogP contribution in [-0.4, -0.2) is 146 Å². The third kappa shape index (κ3) is 16.1. The number of amides is 5. The van der Waals surface area contributed by atoms with Crippen molar-refractivity contribution < 1.29 is 66.7 Å². The molecule has 3 fully saturated rings. The molecule has 410 valence electrons. The van der Waals surface area contributed by atoms with Gasteiger partial charge in [-0.1, -0.05) is 83.5 Å². The van der Waals surface area contributed by atoms with E-state index in [2.05, 4.69) is 16.0 Å². The van der Waals surface area contributed by atoms with E-state index in [4.69, 9.17) is 33.2 Å². The average molecular weight is 1040 g/mol. The summed E-state index contributed by atoms with van der Waals surface area (Å²) in [7, 11) is 4.43. The lowest BCUT2D eigenvalue weighted by Gasteiger charge is -2.40. The molecule has 0 unspecified atom stereocenters. The maximum atomic E-state index is 14.9. The maximum Gasteiger partial charge on any atom is 0.408 e. The van der Waals surface area contributed by atoms with Crippen molar-refractivity contribution in [1.29, 1.82) is 0 Å². The van der Waals surface area contributed by atoms with Crippen LogP contribution in [0.2, 0.25) is 0 Å². The Morgan fingerprint density at radius 1 is 0.797 bits per heavy atom. The lowest BCUT2D eigenvalue weighted by Crippen LogP contribution is -2.60. The van der Waals surface area contributed by atoms with Crippen LogP contribution in [0.3, 0.4) is 0 Å². The van der Waals surface area contributed by atoms with Crippen molar-refractivity contribution in [3.05, 3.63) is 65.7 Å². The van der Waals surface area contributed by atoms with Crippen LogP contribution in [0.4, 0.5) is 4.79 Å². The van der Waals surface area contributed by atoms with Crippen LogP contribution < -0.4 is 20.7 Å². The second kappa shape index (κ2) is 27.1. The number of likely N-dealkylation sites (N-methyl/N-ethyl adjacent to an activating group) is 1. The largest absolute Gasteiger partial charge is 0.497 e. The van der Waals surface area contributed by atoms with Crippen LogP contribution in [-0.2, 0) is 70.2 Å². The first-order valence-electron chi connectivity index (χ1n) is 26.0. The van der Waals surface area contributed by atoms with Crippen molar-refractivity contribution in [2.75, 3.05) is 34.6 Å². The van der Waals surface area contributed by atoms with Gasteiger partial charge in [0.15, 0.2) is 0 Å². The number of carbonyl (C=O) groups excluding carboxylic acids is 7. The molecule has 0 radical (unpaired) electrons. The summed E-state index contributed by atoms with van der Waals surface area (Å²) in [6.07, 6.45) is -3.29. The molecular formula is C55H81N5O14. The number of alkyl carbamates (subject to hydrolysis) is 1. The molecule has 74 heavy (non-hydrogen) atoms. The Morgan fingerprint density at radius 2 is 1.49 bits per heavy atom. The zero-order chi connectivity index (χ0) is 54.4. The van der Waals surface area contributed by atoms with Gasteiger partial charge in [0.1, 0.15) is 60.6 Å². The number of rotatable bonds is 13. The van der Waals surface area contributed by atoms with Gasteiger partial charge in [-0.05, 0) is 94.9 Å². The van der Waals surface area contributed by atoms with Crippen LogP contribution in [0.1, 0.15) is 112 Å². The third-order valence-electron chi connectivity index (χ3n) is 13.8. The van der Waals surface area contributed by atoms with E-state index in [1.165, 1.54) is 38.0 Å². The Balaban J connectivity index is 1.65. The highest BCUT2D eigenvalue weighted by Gasteiger charge is 2.47. The summed E-state index contributed by atoms with van der Waals surface area (Å²) < 4.78 is 41.6. The van der Waals surface area contributed by atoms with Crippen molar-refractivity contribution in [2.45, 2.75) is 174 Å². The molecule has 5 amide bonds. The van der Waals surface area contributed by atoms with E-state index in [-0.39, 0.29) is 45.1 Å². The van der Waals surface area contributed by atoms with Crippen LogP contribution >= 0.6 is 0 Å². The predicted molar refractivity (Wildman–Crippen MR) is 273 cm³/mol. The van der Waals surface area contributed by atoms with E-state index in [1.54, 1.807) is 52.0 Å². The van der Waals surface area contributed by atoms with Crippen molar-refractivity contribution in [3.8, 4) is 5.75 Å². The summed E-state index contributed by atoms with van der Waals surface area (Å²) in [5.74, 6) is -5.68. The summed E-state index contributed by atoms with van der Waals surface area (Å²) in [6.45, 7) is 15.6. The number of esters is 2. The molecule has 1 aliphatic carbocycles. The molecule has 2 aromatic carbocycles. The number of nitrogens with zero attached hydrogens (tertiary/aromatic N) is 2. The minimum atomic E-state index is -1.56. The molecule has 0 spiro atoms. The van der Waals surface area contributed by atoms with Gasteiger partial charge in [0.05, 0.1) is 37.7 Å². The number of carbonyl (C=O) groups is 7. The molecule has 11 atom stereocenters. The summed E-state index contributed by atoms with van der Waals surface area (Å²) in [6, 6.07) is 10.5. The zero-order valence-corrected chi connectivity index (χ0v) is 45.4. The van der Waals surface area contributed by atoms with Gasteiger partial charge in [0.25, 0.3) is 0 Å². The molecule has 3 aliphatic rings. The lowest BCUT2D eigenvalue weighted by atomic mass is 9.82. The number of hydrogen-bond acceptors (Lipinski definition) is 14. The first-order chi connectivity index (χ1) is 35.0. The first kappa shape index (κ1) is 59.1. The molecule has 19 nitrogen and oxygen atoms in total. The highest BCUT2D eigenvalue weighted by molar-refractivity contribution is 5.94. The lowest BCUT2D eigenvalue weighted by molar-refractivity contribution is -0.189. The average Bonchev–Trinajstić information content (AvgIpc) is 3.85. The minimum Gasteiger partial charge on any atom is -0.497 e.